The van der Waals surface area contributed by atoms with Crippen LogP contribution in [0.4, 0.5) is 0 Å². The summed E-state index contributed by atoms with van der Waals surface area (Å²) in [5.74, 6) is -3.94. The van der Waals surface area contributed by atoms with Crippen LogP contribution in [0.2, 0.25) is 0 Å². The first-order valence-electron chi connectivity index (χ1n) is 28.0. The van der Waals surface area contributed by atoms with Crippen LogP contribution in [-0.4, -0.2) is 61.0 Å². The van der Waals surface area contributed by atoms with Crippen LogP contribution in [0.15, 0.2) is 72.8 Å². The molecule has 0 aromatic heterocycles. The Labute approximate surface area is 452 Å². The fourth-order valence-corrected chi connectivity index (χ4v) is 7.36. The number of unbranched alkanes of at least 4 members (excludes halogenated alkanes) is 28. The Hall–Kier alpha value is -3.40. The van der Waals surface area contributed by atoms with Gasteiger partial charge in [-0.1, -0.05) is 244 Å². The van der Waals surface area contributed by atoms with Crippen molar-refractivity contribution in [1.82, 2.24) is 0 Å². The molecule has 0 fully saturated rings. The first-order chi connectivity index (χ1) is 34.2. The summed E-state index contributed by atoms with van der Waals surface area (Å²) in [4.78, 5) is 45.9. The number of carboxylic acids is 2. The maximum absolute atomic E-state index is 12.0. The first kappa shape index (κ1) is 71.8. The minimum absolute atomic E-state index is 0. The van der Waals surface area contributed by atoms with Crippen LogP contribution >= 0.6 is 0 Å². The smallest absolute Gasteiger partial charge is 0.545 e. The van der Waals surface area contributed by atoms with Gasteiger partial charge < -0.3 is 29.3 Å². The molecule has 0 heterocycles. The topological polar surface area (TPSA) is 133 Å². The van der Waals surface area contributed by atoms with E-state index in [0.29, 0.717) is 13.2 Å². The molecule has 0 aliphatic carbocycles. The SMILES string of the molecule is CCCCCCCC/C=C/CCCCCOC(=O)c1ccccc1C(=O)[O-].CCCCCCCC/C=C/CCCCCOC(=O)c1ccccc1C(=O)[O-].[CH2]CCCCCCC.[CH2]CCCCCCC.[Sn+2]. The zero-order valence-corrected chi connectivity index (χ0v) is 48.4. The third kappa shape index (κ3) is 47.4. The van der Waals surface area contributed by atoms with Crippen molar-refractivity contribution in [2.24, 2.45) is 0 Å². The van der Waals surface area contributed by atoms with Gasteiger partial charge in [0, 0.05) is 11.1 Å². The molecule has 0 amide bonds. The van der Waals surface area contributed by atoms with Crippen LogP contribution in [0.1, 0.15) is 287 Å². The second-order valence-corrected chi connectivity index (χ2v) is 18.2. The molecule has 0 saturated heterocycles. The van der Waals surface area contributed by atoms with Crippen LogP contribution in [0, 0.1) is 13.8 Å². The maximum Gasteiger partial charge on any atom is 2.00 e. The molecule has 0 saturated carbocycles. The van der Waals surface area contributed by atoms with E-state index in [0.717, 1.165) is 64.2 Å². The van der Waals surface area contributed by atoms with E-state index in [4.69, 9.17) is 9.47 Å². The third-order valence-electron chi connectivity index (χ3n) is 11.7. The Balaban J connectivity index is -0.000000986. The standard InChI is InChI=1S/2C23H34O4.2C8H17.Sn/c2*1-2-3-4-5-6-7-8-9-10-11-12-13-16-19-27-23(26)21-18-15-14-17-20(21)22(24)25;2*1-3-5-7-8-6-4-2;/h2*9-10,14-15,17-18H,2-8,11-13,16,19H2,1H3,(H,24,25);2*1,3-8H2,2H3;/q;;;;+2/p-2/b2*10-9+;;;. The average molecular weight is 1090 g/mol. The van der Waals surface area contributed by atoms with E-state index >= 15 is 0 Å². The fourth-order valence-electron chi connectivity index (χ4n) is 7.36. The summed E-state index contributed by atoms with van der Waals surface area (Å²) in [6, 6.07) is 11.9. The quantitative estimate of drug-likeness (QED) is 0.0279. The first-order valence-corrected chi connectivity index (χ1v) is 28.0. The molecule has 0 unspecified atom stereocenters. The van der Waals surface area contributed by atoms with Gasteiger partial charge in [0.2, 0.25) is 0 Å². The summed E-state index contributed by atoms with van der Waals surface area (Å²) in [6.07, 6.45) is 51.1. The van der Waals surface area contributed by atoms with E-state index in [2.05, 4.69) is 65.8 Å². The molecule has 0 aliphatic rings. The zero-order valence-electron chi connectivity index (χ0n) is 45.6. The number of rotatable bonds is 40. The molecule has 0 aliphatic heterocycles. The Morgan fingerprint density at radius 3 is 0.887 bits per heavy atom. The number of benzene rings is 2. The van der Waals surface area contributed by atoms with Gasteiger partial charge in [-0.15, -0.1) is 0 Å². The van der Waals surface area contributed by atoms with Gasteiger partial charge in [0.05, 0.1) is 36.3 Å². The van der Waals surface area contributed by atoms with E-state index in [1.807, 2.05) is 0 Å². The van der Waals surface area contributed by atoms with Crippen molar-refractivity contribution >= 4 is 47.8 Å². The van der Waals surface area contributed by atoms with Crippen molar-refractivity contribution in [1.29, 1.82) is 0 Å². The number of ether oxygens (including phenoxy) is 2. The summed E-state index contributed by atoms with van der Waals surface area (Å²) < 4.78 is 10.3. The number of hydrogen-bond acceptors (Lipinski definition) is 8. The Kier molecular flexibility index (Phi) is 58.2. The van der Waals surface area contributed by atoms with Gasteiger partial charge in [0.15, 0.2) is 0 Å². The molecule has 2 aromatic rings. The van der Waals surface area contributed by atoms with Crippen molar-refractivity contribution in [2.75, 3.05) is 13.2 Å². The summed E-state index contributed by atoms with van der Waals surface area (Å²) >= 11 is 0. The fraction of sp³-hybridized carbons (Fsp3) is 0.645. The third-order valence-corrected chi connectivity index (χ3v) is 11.7. The largest absolute Gasteiger partial charge is 2.00 e. The average Bonchev–Trinajstić information content (AvgIpc) is 3.37. The molecule has 9 heteroatoms. The zero-order chi connectivity index (χ0) is 52.0. The summed E-state index contributed by atoms with van der Waals surface area (Å²) in [6.45, 7) is 17.1. The van der Waals surface area contributed by atoms with Crippen LogP contribution in [0.5, 0.6) is 0 Å². The van der Waals surface area contributed by atoms with Gasteiger partial charge in [0.1, 0.15) is 0 Å². The van der Waals surface area contributed by atoms with E-state index < -0.39 is 23.9 Å². The summed E-state index contributed by atoms with van der Waals surface area (Å²) in [5.41, 5.74) is -0.152. The van der Waals surface area contributed by atoms with Gasteiger partial charge in [0.25, 0.3) is 0 Å². The minimum atomic E-state index is -1.37. The van der Waals surface area contributed by atoms with Gasteiger partial charge >= 0.3 is 35.8 Å². The van der Waals surface area contributed by atoms with Crippen molar-refractivity contribution in [2.45, 2.75) is 246 Å². The number of hydrogen-bond donors (Lipinski definition) is 0. The second-order valence-electron chi connectivity index (χ2n) is 18.2. The van der Waals surface area contributed by atoms with Crippen molar-refractivity contribution < 1.29 is 38.9 Å². The molecule has 2 aromatic carbocycles. The predicted molar refractivity (Wildman–Crippen MR) is 297 cm³/mol. The van der Waals surface area contributed by atoms with Crippen LogP contribution < -0.4 is 10.2 Å². The van der Waals surface area contributed by atoms with Gasteiger partial charge in [-0.05, 0) is 89.2 Å². The number of esters is 2. The Bertz CT molecular complexity index is 1440. The monoisotopic (exact) mass is 1090 g/mol. The molecule has 0 atom stereocenters. The van der Waals surface area contributed by atoms with E-state index in [-0.39, 0.29) is 46.2 Å². The Morgan fingerprint density at radius 1 is 0.380 bits per heavy atom. The molecular formula is C62H100O8Sn. The van der Waals surface area contributed by atoms with Crippen LogP contribution in [0.3, 0.4) is 0 Å². The van der Waals surface area contributed by atoms with E-state index in [9.17, 15) is 29.4 Å². The summed E-state index contributed by atoms with van der Waals surface area (Å²) in [7, 11) is 0. The Morgan fingerprint density at radius 2 is 0.620 bits per heavy atom. The van der Waals surface area contributed by atoms with Crippen LogP contribution in [-0.2, 0) is 9.47 Å². The van der Waals surface area contributed by atoms with Crippen molar-refractivity contribution in [3.63, 3.8) is 0 Å². The molecule has 4 radical (unpaired) electrons. The van der Waals surface area contributed by atoms with Gasteiger partial charge in [-0.3, -0.25) is 0 Å². The molecule has 0 spiro atoms. The number of aromatic carboxylic acids is 2. The molecule has 71 heavy (non-hydrogen) atoms. The molecule has 2 rings (SSSR count). The maximum atomic E-state index is 12.0. The minimum Gasteiger partial charge on any atom is -0.545 e. The number of allylic oxidation sites excluding steroid dienone is 4. The van der Waals surface area contributed by atoms with E-state index in [1.54, 1.807) is 24.3 Å². The molecule has 0 bridgehead atoms. The van der Waals surface area contributed by atoms with Crippen molar-refractivity contribution in [3.8, 4) is 0 Å². The number of carboxylic acid groups (broad SMARTS) is 2. The number of carbonyl (C=O) groups excluding carboxylic acids is 4. The normalized spacial score (nSPS) is 10.6. The van der Waals surface area contributed by atoms with Gasteiger partial charge in [-0.25, -0.2) is 9.59 Å². The molecule has 400 valence electrons. The molecule has 0 N–H and O–H groups in total. The molecule has 8 nitrogen and oxygen atoms in total. The number of carbonyl (C=O) groups is 4. The molecular weight excluding hydrogens is 991 g/mol. The second kappa shape index (κ2) is 57.5. The van der Waals surface area contributed by atoms with Gasteiger partial charge in [-0.2, -0.15) is 0 Å². The van der Waals surface area contributed by atoms with E-state index in [1.165, 1.54) is 178 Å². The van der Waals surface area contributed by atoms with Crippen molar-refractivity contribution in [3.05, 3.63) is 109 Å². The van der Waals surface area contributed by atoms with Crippen LogP contribution in [0.25, 0.3) is 0 Å². The summed E-state index contributed by atoms with van der Waals surface area (Å²) in [5, 5.41) is 22.0. The predicted octanol–water partition coefficient (Wildman–Crippen LogP) is 16.1.